The Bertz CT molecular complexity index is 725. The van der Waals surface area contributed by atoms with Gasteiger partial charge < -0.3 is 9.84 Å². The van der Waals surface area contributed by atoms with Gasteiger partial charge in [-0.1, -0.05) is 6.07 Å². The summed E-state index contributed by atoms with van der Waals surface area (Å²) in [5.41, 5.74) is 4.47. The van der Waals surface area contributed by atoms with Crippen molar-refractivity contribution in [2.24, 2.45) is 5.10 Å². The fourth-order valence-electron chi connectivity index (χ4n) is 1.84. The van der Waals surface area contributed by atoms with Gasteiger partial charge in [0.2, 0.25) is 0 Å². The molecule has 0 bridgehead atoms. The van der Waals surface area contributed by atoms with Crippen molar-refractivity contribution in [3.05, 3.63) is 56.5 Å². The van der Waals surface area contributed by atoms with Crippen molar-refractivity contribution >= 4 is 49.7 Å². The quantitative estimate of drug-likeness (QED) is 0.501. The first kappa shape index (κ1) is 17.5. The van der Waals surface area contributed by atoms with Crippen molar-refractivity contribution in [2.75, 3.05) is 12.0 Å². The lowest BCUT2D eigenvalue weighted by Crippen LogP contribution is -1.98. The number of benzene rings is 2. The van der Waals surface area contributed by atoms with E-state index in [1.165, 1.54) is 12.1 Å². The smallest absolute Gasteiger partial charge is 0.335 e. The van der Waals surface area contributed by atoms with Crippen LogP contribution in [0.15, 0.2) is 50.4 Å². The highest BCUT2D eigenvalue weighted by Gasteiger charge is 2.07. The van der Waals surface area contributed by atoms with E-state index in [0.29, 0.717) is 12.3 Å². The maximum atomic E-state index is 10.9. The third kappa shape index (κ3) is 4.80. The molecule has 0 radical (unpaired) electrons. The lowest BCUT2D eigenvalue weighted by molar-refractivity contribution is 0.0697. The van der Waals surface area contributed by atoms with Gasteiger partial charge >= 0.3 is 5.97 Å². The number of nitrogens with zero attached hydrogens (tertiary/aromatic N) is 1. The monoisotopic (exact) mass is 440 g/mol. The predicted octanol–water partition coefficient (Wildman–Crippen LogP) is 4.75. The van der Waals surface area contributed by atoms with Crippen molar-refractivity contribution in [3.8, 4) is 5.75 Å². The van der Waals surface area contributed by atoms with Gasteiger partial charge in [0.1, 0.15) is 5.75 Å². The maximum Gasteiger partial charge on any atom is 0.335 e. The Balaban J connectivity index is 2.12. The number of halogens is 2. The van der Waals surface area contributed by atoms with E-state index in [2.05, 4.69) is 42.4 Å². The van der Waals surface area contributed by atoms with E-state index < -0.39 is 5.97 Å². The third-order valence-corrected chi connectivity index (χ3v) is 4.00. The van der Waals surface area contributed by atoms with Crippen molar-refractivity contribution in [3.63, 3.8) is 0 Å². The highest BCUT2D eigenvalue weighted by Crippen LogP contribution is 2.34. The highest BCUT2D eigenvalue weighted by molar-refractivity contribution is 9.11. The molecule has 2 aromatic carbocycles. The van der Waals surface area contributed by atoms with Gasteiger partial charge in [-0.15, -0.1) is 0 Å². The zero-order chi connectivity index (χ0) is 16.8. The van der Waals surface area contributed by atoms with Crippen LogP contribution in [0, 0.1) is 0 Å². The molecule has 0 aromatic heterocycles. The van der Waals surface area contributed by atoms with Crippen LogP contribution in [0.3, 0.4) is 0 Å². The van der Waals surface area contributed by atoms with Crippen LogP contribution in [0.2, 0.25) is 0 Å². The van der Waals surface area contributed by atoms with Crippen LogP contribution in [-0.4, -0.2) is 23.9 Å². The fraction of sp³-hybridized carbons (Fsp3) is 0.125. The molecule has 0 atom stereocenters. The number of rotatable bonds is 6. The van der Waals surface area contributed by atoms with Crippen molar-refractivity contribution < 1.29 is 14.6 Å². The lowest BCUT2D eigenvalue weighted by Gasteiger charge is -2.09. The first-order valence-corrected chi connectivity index (χ1v) is 8.34. The van der Waals surface area contributed by atoms with Gasteiger partial charge in [-0.3, -0.25) is 5.43 Å². The molecule has 0 spiro atoms. The molecule has 0 fully saturated rings. The molecule has 0 unspecified atom stereocenters. The minimum Gasteiger partial charge on any atom is -0.492 e. The van der Waals surface area contributed by atoms with Crippen LogP contribution in [0.25, 0.3) is 0 Å². The number of hydrogen-bond donors (Lipinski definition) is 2. The first-order valence-electron chi connectivity index (χ1n) is 6.75. The molecule has 0 saturated heterocycles. The Morgan fingerprint density at radius 2 is 2.00 bits per heavy atom. The molecular formula is C16H14Br2N2O3. The summed E-state index contributed by atoms with van der Waals surface area (Å²) in [5, 5.41) is 13.1. The van der Waals surface area contributed by atoms with E-state index in [9.17, 15) is 4.79 Å². The number of carbonyl (C=O) groups is 1. The Morgan fingerprint density at radius 3 is 2.61 bits per heavy atom. The number of anilines is 1. The summed E-state index contributed by atoms with van der Waals surface area (Å²) in [6.45, 7) is 2.50. The molecule has 0 amide bonds. The second-order valence-corrected chi connectivity index (χ2v) is 6.21. The van der Waals surface area contributed by atoms with Gasteiger partial charge in [-0.25, -0.2) is 4.79 Å². The number of carboxylic acids is 1. The Hall–Kier alpha value is -1.86. The largest absolute Gasteiger partial charge is 0.492 e. The third-order valence-electron chi connectivity index (χ3n) is 2.83. The molecular weight excluding hydrogens is 428 g/mol. The van der Waals surface area contributed by atoms with Gasteiger partial charge in [-0.2, -0.15) is 5.10 Å². The van der Waals surface area contributed by atoms with Crippen molar-refractivity contribution in [2.45, 2.75) is 6.92 Å². The summed E-state index contributed by atoms with van der Waals surface area (Å²) in [7, 11) is 0. The van der Waals surface area contributed by atoms with E-state index >= 15 is 0 Å². The molecule has 0 aliphatic rings. The normalized spacial score (nSPS) is 10.7. The molecule has 0 aliphatic heterocycles. The molecule has 5 nitrogen and oxygen atoms in total. The summed E-state index contributed by atoms with van der Waals surface area (Å²) in [5.74, 6) is -0.233. The number of hydrogen-bond acceptors (Lipinski definition) is 4. The van der Waals surface area contributed by atoms with E-state index in [1.54, 1.807) is 18.3 Å². The van der Waals surface area contributed by atoms with Crippen LogP contribution >= 0.6 is 31.9 Å². The van der Waals surface area contributed by atoms with Gasteiger partial charge in [-0.05, 0) is 74.7 Å². The van der Waals surface area contributed by atoms with Crippen LogP contribution in [0.5, 0.6) is 5.75 Å². The minimum absolute atomic E-state index is 0.205. The zero-order valence-electron chi connectivity index (χ0n) is 12.2. The van der Waals surface area contributed by atoms with Crippen LogP contribution < -0.4 is 10.2 Å². The van der Waals surface area contributed by atoms with Gasteiger partial charge in [0.25, 0.3) is 0 Å². The summed E-state index contributed by atoms with van der Waals surface area (Å²) in [6, 6.07) is 10.2. The molecule has 2 aromatic rings. The average molecular weight is 442 g/mol. The molecule has 7 heteroatoms. The summed E-state index contributed by atoms with van der Waals surface area (Å²) >= 11 is 6.92. The minimum atomic E-state index is -0.975. The molecule has 2 N–H and O–H groups in total. The Morgan fingerprint density at radius 1 is 1.30 bits per heavy atom. The molecule has 2 rings (SSSR count). The van der Waals surface area contributed by atoms with Crippen LogP contribution in [-0.2, 0) is 0 Å². The second-order valence-electron chi connectivity index (χ2n) is 4.50. The van der Waals surface area contributed by atoms with E-state index in [1.807, 2.05) is 19.1 Å². The summed E-state index contributed by atoms with van der Waals surface area (Å²) in [6.07, 6.45) is 1.64. The zero-order valence-corrected chi connectivity index (χ0v) is 15.4. The number of aromatic carboxylic acids is 1. The molecule has 0 saturated carbocycles. The standard InChI is InChI=1S/C16H14Br2N2O3/c1-2-23-15-13(17)6-10(7-14(15)18)9-19-20-12-5-3-4-11(8-12)16(21)22/h3-9,20H,2H2,1H3,(H,21,22)/b19-9+. The average Bonchev–Trinajstić information content (AvgIpc) is 2.51. The number of hydrazone groups is 1. The highest BCUT2D eigenvalue weighted by atomic mass is 79.9. The van der Waals surface area contributed by atoms with Crippen molar-refractivity contribution in [1.29, 1.82) is 0 Å². The first-order chi connectivity index (χ1) is 11.0. The predicted molar refractivity (Wildman–Crippen MR) is 97.6 cm³/mol. The van der Waals surface area contributed by atoms with Gasteiger partial charge in [0, 0.05) is 0 Å². The Kier molecular flexibility index (Phi) is 6.18. The SMILES string of the molecule is CCOc1c(Br)cc(/C=N/Nc2cccc(C(=O)O)c2)cc1Br. The summed E-state index contributed by atoms with van der Waals surface area (Å²) in [4.78, 5) is 10.9. The van der Waals surface area contributed by atoms with Crippen LogP contribution in [0.1, 0.15) is 22.8 Å². The van der Waals surface area contributed by atoms with Gasteiger partial charge in [0.05, 0.1) is 33.0 Å². The topological polar surface area (TPSA) is 70.9 Å². The number of nitrogens with one attached hydrogen (secondary N) is 1. The van der Waals surface area contributed by atoms with E-state index in [-0.39, 0.29) is 5.56 Å². The molecule has 0 aliphatic carbocycles. The lowest BCUT2D eigenvalue weighted by atomic mass is 10.2. The fourth-order valence-corrected chi connectivity index (χ4v) is 3.29. The molecule has 0 heterocycles. The van der Waals surface area contributed by atoms with Crippen molar-refractivity contribution in [1.82, 2.24) is 0 Å². The number of ether oxygens (including phenoxy) is 1. The maximum absolute atomic E-state index is 10.9. The molecule has 23 heavy (non-hydrogen) atoms. The molecule has 120 valence electrons. The number of carboxylic acid groups (broad SMARTS) is 1. The Labute approximate surface area is 150 Å². The van der Waals surface area contributed by atoms with E-state index in [0.717, 1.165) is 20.3 Å². The summed E-state index contributed by atoms with van der Waals surface area (Å²) < 4.78 is 7.17. The van der Waals surface area contributed by atoms with Crippen LogP contribution in [0.4, 0.5) is 5.69 Å². The van der Waals surface area contributed by atoms with E-state index in [4.69, 9.17) is 9.84 Å². The second kappa shape index (κ2) is 8.12. The van der Waals surface area contributed by atoms with Gasteiger partial charge in [0.15, 0.2) is 0 Å².